The molecular formula is C12H14IN3S. The Bertz CT molecular complexity index is 511. The van der Waals surface area contributed by atoms with E-state index in [-0.39, 0.29) is 0 Å². The van der Waals surface area contributed by atoms with Crippen LogP contribution in [-0.2, 0) is 6.42 Å². The Balaban J connectivity index is 2.55. The van der Waals surface area contributed by atoms with Gasteiger partial charge in [-0.1, -0.05) is 6.92 Å². The van der Waals surface area contributed by atoms with E-state index in [2.05, 4.69) is 63.9 Å². The van der Waals surface area contributed by atoms with Crippen molar-refractivity contribution in [2.75, 3.05) is 12.4 Å². The fourth-order valence-corrected chi connectivity index (χ4v) is 3.25. The van der Waals surface area contributed by atoms with Gasteiger partial charge in [0, 0.05) is 11.9 Å². The number of aromatic nitrogens is 2. The van der Waals surface area contributed by atoms with Gasteiger partial charge in [-0.2, -0.15) is 0 Å². The largest absolute Gasteiger partial charge is 0.372 e. The SMILES string of the molecule is CCc1nc(-c2ccc(C)s2)nc(NC)c1I. The van der Waals surface area contributed by atoms with Crippen LogP contribution in [0.3, 0.4) is 0 Å². The number of thiophene rings is 1. The quantitative estimate of drug-likeness (QED) is 0.849. The maximum atomic E-state index is 4.63. The fourth-order valence-electron chi connectivity index (χ4n) is 1.56. The Morgan fingerprint density at radius 3 is 2.65 bits per heavy atom. The molecule has 0 bridgehead atoms. The molecule has 0 saturated carbocycles. The molecule has 0 fully saturated rings. The van der Waals surface area contributed by atoms with Crippen molar-refractivity contribution < 1.29 is 0 Å². The highest BCUT2D eigenvalue weighted by molar-refractivity contribution is 14.1. The summed E-state index contributed by atoms with van der Waals surface area (Å²) in [6.45, 7) is 4.22. The molecule has 0 unspecified atom stereocenters. The third kappa shape index (κ3) is 2.60. The van der Waals surface area contributed by atoms with E-state index in [1.807, 2.05) is 7.05 Å². The summed E-state index contributed by atoms with van der Waals surface area (Å²) in [4.78, 5) is 11.6. The van der Waals surface area contributed by atoms with Crippen molar-refractivity contribution in [2.45, 2.75) is 20.3 Å². The van der Waals surface area contributed by atoms with Gasteiger partial charge in [-0.3, -0.25) is 0 Å². The zero-order valence-corrected chi connectivity index (χ0v) is 13.0. The number of rotatable bonds is 3. The number of nitrogens with one attached hydrogen (secondary N) is 1. The van der Waals surface area contributed by atoms with Gasteiger partial charge in [0.05, 0.1) is 14.1 Å². The highest BCUT2D eigenvalue weighted by Crippen LogP contribution is 2.28. The molecule has 0 aliphatic rings. The fraction of sp³-hybridized carbons (Fsp3) is 0.333. The summed E-state index contributed by atoms with van der Waals surface area (Å²) < 4.78 is 1.12. The van der Waals surface area contributed by atoms with Crippen molar-refractivity contribution in [2.24, 2.45) is 0 Å². The number of hydrogen-bond acceptors (Lipinski definition) is 4. The van der Waals surface area contributed by atoms with E-state index in [0.29, 0.717) is 0 Å². The van der Waals surface area contributed by atoms with Crippen molar-refractivity contribution in [1.82, 2.24) is 9.97 Å². The van der Waals surface area contributed by atoms with Crippen LogP contribution in [0, 0.1) is 10.5 Å². The van der Waals surface area contributed by atoms with Gasteiger partial charge in [-0.25, -0.2) is 9.97 Å². The number of anilines is 1. The summed E-state index contributed by atoms with van der Waals surface area (Å²) in [7, 11) is 1.90. The zero-order chi connectivity index (χ0) is 12.4. The summed E-state index contributed by atoms with van der Waals surface area (Å²) in [6.07, 6.45) is 0.923. The second-order valence-corrected chi connectivity index (χ2v) is 6.04. The molecule has 2 heterocycles. The average molecular weight is 359 g/mol. The van der Waals surface area contributed by atoms with Gasteiger partial charge in [-0.05, 0) is 48.1 Å². The molecule has 1 N–H and O–H groups in total. The lowest BCUT2D eigenvalue weighted by Crippen LogP contribution is -2.04. The van der Waals surface area contributed by atoms with Gasteiger partial charge < -0.3 is 5.32 Å². The van der Waals surface area contributed by atoms with E-state index in [0.717, 1.165) is 32.2 Å². The van der Waals surface area contributed by atoms with E-state index in [1.165, 1.54) is 4.88 Å². The lowest BCUT2D eigenvalue weighted by atomic mass is 10.3. The summed E-state index contributed by atoms with van der Waals surface area (Å²) in [5.41, 5.74) is 1.10. The smallest absolute Gasteiger partial charge is 0.171 e. The molecule has 5 heteroatoms. The highest BCUT2D eigenvalue weighted by Gasteiger charge is 2.12. The Morgan fingerprint density at radius 2 is 2.12 bits per heavy atom. The molecule has 0 spiro atoms. The summed E-state index contributed by atoms with van der Waals surface area (Å²) in [6, 6.07) is 4.19. The van der Waals surface area contributed by atoms with Crippen molar-refractivity contribution >= 4 is 39.7 Å². The predicted octanol–water partition coefficient (Wildman–Crippen LogP) is 3.72. The molecule has 0 aliphatic heterocycles. The molecule has 2 aromatic rings. The zero-order valence-electron chi connectivity index (χ0n) is 10.0. The van der Waals surface area contributed by atoms with Crippen molar-refractivity contribution in [3.05, 3.63) is 26.3 Å². The minimum absolute atomic E-state index is 0.824. The maximum absolute atomic E-state index is 4.63. The lowest BCUT2D eigenvalue weighted by Gasteiger charge is -2.08. The van der Waals surface area contributed by atoms with Crippen molar-refractivity contribution in [3.8, 4) is 10.7 Å². The highest BCUT2D eigenvalue weighted by atomic mass is 127. The van der Waals surface area contributed by atoms with Gasteiger partial charge in [0.1, 0.15) is 5.82 Å². The van der Waals surface area contributed by atoms with Crippen LogP contribution in [-0.4, -0.2) is 17.0 Å². The van der Waals surface area contributed by atoms with Crippen LogP contribution in [0.25, 0.3) is 10.7 Å². The molecule has 3 nitrogen and oxygen atoms in total. The van der Waals surface area contributed by atoms with Crippen LogP contribution < -0.4 is 5.32 Å². The van der Waals surface area contributed by atoms with E-state index < -0.39 is 0 Å². The molecule has 90 valence electrons. The molecule has 0 aromatic carbocycles. The number of halogens is 1. The first-order valence-corrected chi connectivity index (χ1v) is 7.36. The molecule has 0 aliphatic carbocycles. The van der Waals surface area contributed by atoms with E-state index in [4.69, 9.17) is 0 Å². The molecule has 0 atom stereocenters. The van der Waals surface area contributed by atoms with Gasteiger partial charge in [0.2, 0.25) is 0 Å². The van der Waals surface area contributed by atoms with Crippen LogP contribution in [0.1, 0.15) is 17.5 Å². The van der Waals surface area contributed by atoms with Crippen LogP contribution >= 0.6 is 33.9 Å². The maximum Gasteiger partial charge on any atom is 0.171 e. The summed E-state index contributed by atoms with van der Waals surface area (Å²) >= 11 is 4.03. The van der Waals surface area contributed by atoms with Gasteiger partial charge in [0.15, 0.2) is 5.82 Å². The third-order valence-electron chi connectivity index (χ3n) is 2.45. The monoisotopic (exact) mass is 359 g/mol. The standard InChI is InChI=1S/C12H14IN3S/c1-4-8-10(13)12(14-3)16-11(15-8)9-6-5-7(2)17-9/h5-6H,4H2,1-3H3,(H,14,15,16). The summed E-state index contributed by atoms with van der Waals surface area (Å²) in [5, 5.41) is 3.13. The van der Waals surface area contributed by atoms with Crippen LogP contribution in [0.2, 0.25) is 0 Å². The van der Waals surface area contributed by atoms with Crippen LogP contribution in [0.4, 0.5) is 5.82 Å². The lowest BCUT2D eigenvalue weighted by molar-refractivity contribution is 0.992. The number of aryl methyl sites for hydroxylation is 2. The molecular weight excluding hydrogens is 345 g/mol. The average Bonchev–Trinajstić information content (AvgIpc) is 2.76. The first-order valence-electron chi connectivity index (χ1n) is 5.46. The first kappa shape index (κ1) is 12.8. The topological polar surface area (TPSA) is 37.8 Å². The minimum atomic E-state index is 0.824. The number of nitrogens with zero attached hydrogens (tertiary/aromatic N) is 2. The van der Waals surface area contributed by atoms with Crippen LogP contribution in [0.15, 0.2) is 12.1 Å². The molecule has 2 aromatic heterocycles. The second-order valence-electron chi connectivity index (χ2n) is 3.67. The molecule has 2 rings (SSSR count). The van der Waals surface area contributed by atoms with Gasteiger partial charge in [-0.15, -0.1) is 11.3 Å². The predicted molar refractivity (Wildman–Crippen MR) is 81.7 cm³/mol. The molecule has 0 amide bonds. The Kier molecular flexibility index (Phi) is 3.98. The van der Waals surface area contributed by atoms with E-state index in [9.17, 15) is 0 Å². The minimum Gasteiger partial charge on any atom is -0.372 e. The van der Waals surface area contributed by atoms with Gasteiger partial charge in [0.25, 0.3) is 0 Å². The third-order valence-corrected chi connectivity index (χ3v) is 4.58. The van der Waals surface area contributed by atoms with E-state index >= 15 is 0 Å². The van der Waals surface area contributed by atoms with Crippen molar-refractivity contribution in [3.63, 3.8) is 0 Å². The Morgan fingerprint density at radius 1 is 1.35 bits per heavy atom. The molecule has 0 saturated heterocycles. The second kappa shape index (κ2) is 5.30. The normalized spacial score (nSPS) is 10.6. The van der Waals surface area contributed by atoms with Crippen molar-refractivity contribution in [1.29, 1.82) is 0 Å². The number of hydrogen-bond donors (Lipinski definition) is 1. The van der Waals surface area contributed by atoms with E-state index in [1.54, 1.807) is 11.3 Å². The van der Waals surface area contributed by atoms with Gasteiger partial charge >= 0.3 is 0 Å². The molecule has 0 radical (unpaired) electrons. The Hall–Kier alpha value is -0.690. The summed E-state index contributed by atoms with van der Waals surface area (Å²) in [5.74, 6) is 1.74. The molecule has 17 heavy (non-hydrogen) atoms. The Labute approximate surface area is 119 Å². The van der Waals surface area contributed by atoms with Crippen LogP contribution in [0.5, 0.6) is 0 Å². The first-order chi connectivity index (χ1) is 8.15.